The Morgan fingerprint density at radius 2 is 1.62 bits per heavy atom. The molecule has 12 heteroatoms. The molecule has 2 amide bonds. The van der Waals surface area contributed by atoms with E-state index in [0.29, 0.717) is 10.5 Å². The van der Waals surface area contributed by atoms with Crippen LogP contribution in [0.5, 0.6) is 5.75 Å². The van der Waals surface area contributed by atoms with Crippen LogP contribution in [0.4, 0.5) is 27.6 Å². The molecule has 2 aromatic rings. The fourth-order valence-corrected chi connectivity index (χ4v) is 4.44. The van der Waals surface area contributed by atoms with Crippen molar-refractivity contribution in [3.8, 4) is 5.75 Å². The molecule has 0 aromatic heterocycles. The fraction of sp³-hybridized carbons (Fsp3) is 0.118. The maximum atomic E-state index is 14.1. The van der Waals surface area contributed by atoms with E-state index in [0.717, 1.165) is 0 Å². The zero-order chi connectivity index (χ0) is 21.6. The average molecular weight is 541 g/mol. The van der Waals surface area contributed by atoms with Crippen molar-refractivity contribution in [2.45, 2.75) is 13.0 Å². The molecule has 0 radical (unpaired) electrons. The third-order valence-electron chi connectivity index (χ3n) is 3.94. The maximum absolute atomic E-state index is 14.1. The minimum atomic E-state index is -2.42. The molecule has 1 unspecified atom stereocenters. The number of rotatable bonds is 2. The summed E-state index contributed by atoms with van der Waals surface area (Å²) < 4.78 is 75.5. The number of hydrogen-bond acceptors (Lipinski definition) is 3. The van der Waals surface area contributed by atoms with Crippen molar-refractivity contribution in [2.24, 2.45) is 0 Å². The number of carbonyl (C=O) groups excluding carboxylic acids is 2. The quantitative estimate of drug-likeness (QED) is 0.186. The van der Waals surface area contributed by atoms with E-state index in [1.165, 1.54) is 29.7 Å². The number of para-hydroxylation sites is 1. The van der Waals surface area contributed by atoms with Crippen LogP contribution < -0.4 is 9.64 Å². The normalized spacial score (nSPS) is 16.3. The van der Waals surface area contributed by atoms with Gasteiger partial charge < -0.3 is 0 Å². The third kappa shape index (κ3) is 3.69. The fourth-order valence-electron chi connectivity index (χ4n) is 2.65. The summed E-state index contributed by atoms with van der Waals surface area (Å²) in [6.45, 7) is 1.25. The van der Waals surface area contributed by atoms with Gasteiger partial charge >= 0.3 is 173 Å². The summed E-state index contributed by atoms with van der Waals surface area (Å²) in [4.78, 5) is 25.6. The van der Waals surface area contributed by atoms with Crippen LogP contribution in [-0.2, 0) is 18.3 Å². The van der Waals surface area contributed by atoms with E-state index in [9.17, 15) is 31.5 Å². The van der Waals surface area contributed by atoms with E-state index in [4.69, 9.17) is 24.1 Å². The molecule has 0 aliphatic carbocycles. The SMILES string of the molecule is CC1Oc2c([CH]=[Ru]([Cl])[Cl])cccc2N(C(=O)c2c(F)c(F)c(F)c(F)c2F)C1=O. The summed E-state index contributed by atoms with van der Waals surface area (Å²) in [6, 6.07) is 4.09. The first-order valence-electron chi connectivity index (χ1n) is 7.58. The summed E-state index contributed by atoms with van der Waals surface area (Å²) in [5, 5.41) is 0. The molecule has 1 heterocycles. The number of benzene rings is 2. The predicted molar refractivity (Wildman–Crippen MR) is 91.5 cm³/mol. The monoisotopic (exact) mass is 541 g/mol. The number of hydrogen-bond donors (Lipinski definition) is 0. The number of fused-ring (bicyclic) bond motifs is 1. The Hall–Kier alpha value is -1.90. The van der Waals surface area contributed by atoms with Gasteiger partial charge in [-0.15, -0.1) is 0 Å². The number of halogens is 7. The minimum absolute atomic E-state index is 0.0446. The summed E-state index contributed by atoms with van der Waals surface area (Å²) >= 11 is -2.37. The number of anilines is 1. The topological polar surface area (TPSA) is 46.6 Å². The van der Waals surface area contributed by atoms with Crippen LogP contribution in [0.3, 0.4) is 0 Å². The van der Waals surface area contributed by atoms with Gasteiger partial charge in [-0.05, 0) is 0 Å². The van der Waals surface area contributed by atoms with Crippen molar-refractivity contribution in [1.82, 2.24) is 0 Å². The van der Waals surface area contributed by atoms with Crippen molar-refractivity contribution in [3.63, 3.8) is 0 Å². The average Bonchev–Trinajstić information content (AvgIpc) is 2.66. The zero-order valence-electron chi connectivity index (χ0n) is 14.1. The predicted octanol–water partition coefficient (Wildman–Crippen LogP) is 4.41. The Morgan fingerprint density at radius 1 is 1.07 bits per heavy atom. The van der Waals surface area contributed by atoms with Crippen LogP contribution in [0.2, 0.25) is 0 Å². The molecule has 4 nitrogen and oxygen atoms in total. The first kappa shape index (κ1) is 21.8. The molecular weight excluding hydrogens is 533 g/mol. The summed E-state index contributed by atoms with van der Waals surface area (Å²) in [5.74, 6) is -14.6. The second-order valence-corrected chi connectivity index (χ2v) is 11.4. The molecule has 29 heavy (non-hydrogen) atoms. The molecule has 2 aromatic carbocycles. The summed E-state index contributed by atoms with van der Waals surface area (Å²) in [5.41, 5.74) is -1.70. The molecule has 0 fully saturated rings. The summed E-state index contributed by atoms with van der Waals surface area (Å²) in [7, 11) is 11.7. The van der Waals surface area contributed by atoms with Gasteiger partial charge in [0, 0.05) is 0 Å². The Labute approximate surface area is 173 Å². The number of nitrogens with zero attached hydrogens (tertiary/aromatic N) is 1. The van der Waals surface area contributed by atoms with E-state index >= 15 is 0 Å². The molecule has 1 atom stereocenters. The van der Waals surface area contributed by atoms with Crippen molar-refractivity contribution in [1.29, 1.82) is 0 Å². The van der Waals surface area contributed by atoms with E-state index in [2.05, 4.69) is 0 Å². The molecule has 0 spiro atoms. The Bertz CT molecular complexity index is 1060. The van der Waals surface area contributed by atoms with Crippen molar-refractivity contribution < 1.29 is 49.8 Å². The summed E-state index contributed by atoms with van der Waals surface area (Å²) in [6.07, 6.45) is -1.30. The van der Waals surface area contributed by atoms with Gasteiger partial charge in [0.2, 0.25) is 0 Å². The van der Waals surface area contributed by atoms with E-state index < -0.39 is 66.1 Å². The van der Waals surface area contributed by atoms with Gasteiger partial charge in [-0.2, -0.15) is 0 Å². The Morgan fingerprint density at radius 3 is 2.17 bits per heavy atom. The van der Waals surface area contributed by atoms with Crippen LogP contribution in [-0.4, -0.2) is 22.5 Å². The van der Waals surface area contributed by atoms with Gasteiger partial charge in [0.1, 0.15) is 0 Å². The Kier molecular flexibility index (Phi) is 6.08. The molecule has 0 saturated carbocycles. The van der Waals surface area contributed by atoms with Crippen molar-refractivity contribution >= 4 is 41.5 Å². The van der Waals surface area contributed by atoms with E-state index in [-0.39, 0.29) is 11.4 Å². The van der Waals surface area contributed by atoms with Gasteiger partial charge in [0.05, 0.1) is 0 Å². The molecule has 3 rings (SSSR count). The van der Waals surface area contributed by atoms with Crippen LogP contribution in [0.25, 0.3) is 0 Å². The number of amides is 2. The van der Waals surface area contributed by atoms with Crippen LogP contribution in [0.1, 0.15) is 22.8 Å². The van der Waals surface area contributed by atoms with Gasteiger partial charge in [-0.25, -0.2) is 0 Å². The van der Waals surface area contributed by atoms with Crippen LogP contribution in [0, 0.1) is 29.1 Å². The first-order valence-corrected chi connectivity index (χ1v) is 13.1. The number of carbonyl (C=O) groups is 2. The zero-order valence-corrected chi connectivity index (χ0v) is 17.3. The standard InChI is InChI=1S/C17H8F5NO3.2ClH.Ru/c1-6-4-3-5-8-15(6)26-7(2)16(24)23(8)17(25)9-10(18)12(20)14(22)13(21)11(9)19;;;/h1,3-5,7H,2H3;2*1H;/q;;;+2/p-2. The molecule has 0 saturated heterocycles. The number of imide groups is 1. The Balaban J connectivity index is 2.25. The van der Waals surface area contributed by atoms with Gasteiger partial charge in [-0.1, -0.05) is 0 Å². The second kappa shape index (κ2) is 8.09. The van der Waals surface area contributed by atoms with Crippen molar-refractivity contribution in [3.05, 3.63) is 58.4 Å². The molecule has 1 aliphatic heterocycles. The van der Waals surface area contributed by atoms with E-state index in [1.54, 1.807) is 0 Å². The van der Waals surface area contributed by atoms with Gasteiger partial charge in [0.15, 0.2) is 0 Å². The second-order valence-electron chi connectivity index (χ2n) is 5.69. The van der Waals surface area contributed by atoms with Crippen LogP contribution in [0.15, 0.2) is 18.2 Å². The first-order chi connectivity index (χ1) is 13.6. The molecule has 0 N–H and O–H groups in total. The molecule has 156 valence electrons. The number of ether oxygens (including phenoxy) is 1. The van der Waals surface area contributed by atoms with E-state index in [1.807, 2.05) is 0 Å². The van der Waals surface area contributed by atoms with Gasteiger partial charge in [0.25, 0.3) is 0 Å². The molecule has 0 bridgehead atoms. The molecule has 1 aliphatic rings. The molecular formula is C17H8Cl2F5NO3Ru. The van der Waals surface area contributed by atoms with Crippen LogP contribution >= 0.6 is 19.4 Å². The van der Waals surface area contributed by atoms with Gasteiger partial charge in [-0.3, -0.25) is 0 Å². The van der Waals surface area contributed by atoms with Crippen molar-refractivity contribution in [2.75, 3.05) is 4.90 Å². The third-order valence-corrected chi connectivity index (χ3v) is 5.77.